The molecule has 0 radical (unpaired) electrons. The molecule has 0 spiro atoms. The molecule has 0 bridgehead atoms. The number of fused-ring (bicyclic) bond motifs is 1. The molecule has 8 nitrogen and oxygen atoms in total. The number of aryl methyl sites for hydroxylation is 2. The molecular formula is C16H19N5O3. The van der Waals surface area contributed by atoms with Gasteiger partial charge in [-0.15, -0.1) is 0 Å². The Morgan fingerprint density at radius 3 is 2.83 bits per heavy atom. The van der Waals surface area contributed by atoms with E-state index in [9.17, 15) is 14.4 Å². The number of hydrogen-bond donors (Lipinski definition) is 3. The standard InChI is InChI=1S/C16H19N5O3/c1-9-3-4-11-15(10(9)2)20-12(19-11)5-6-17-13(22)8-21-14(23)7-18-16(21)24/h3-4H,5-8H2,1-2H3,(H,17,22)(H,18,24)(H,19,20). The van der Waals surface area contributed by atoms with Crippen LogP contribution in [0.15, 0.2) is 12.1 Å². The molecule has 0 saturated carbocycles. The normalized spacial score (nSPS) is 14.3. The minimum absolute atomic E-state index is 0.0517. The summed E-state index contributed by atoms with van der Waals surface area (Å²) in [5, 5.41) is 5.07. The van der Waals surface area contributed by atoms with E-state index in [0.717, 1.165) is 27.3 Å². The summed E-state index contributed by atoms with van der Waals surface area (Å²) in [6.07, 6.45) is 0.541. The number of carbonyl (C=O) groups excluding carboxylic acids is 3. The Balaban J connectivity index is 1.55. The highest BCUT2D eigenvalue weighted by molar-refractivity contribution is 6.04. The third-order valence-electron chi connectivity index (χ3n) is 4.15. The second-order valence-corrected chi connectivity index (χ2v) is 5.83. The Labute approximate surface area is 138 Å². The van der Waals surface area contributed by atoms with Crippen LogP contribution < -0.4 is 10.6 Å². The maximum Gasteiger partial charge on any atom is 0.325 e. The van der Waals surface area contributed by atoms with Gasteiger partial charge in [0.25, 0.3) is 5.91 Å². The van der Waals surface area contributed by atoms with E-state index in [1.54, 1.807) is 0 Å². The number of aromatic amines is 1. The largest absolute Gasteiger partial charge is 0.354 e. The number of imidazole rings is 1. The molecule has 2 aromatic rings. The van der Waals surface area contributed by atoms with E-state index in [1.807, 2.05) is 26.0 Å². The zero-order chi connectivity index (χ0) is 17.3. The molecule has 0 unspecified atom stereocenters. The van der Waals surface area contributed by atoms with Crippen molar-refractivity contribution in [1.82, 2.24) is 25.5 Å². The number of carbonyl (C=O) groups is 3. The first-order valence-corrected chi connectivity index (χ1v) is 7.75. The second kappa shape index (κ2) is 6.31. The van der Waals surface area contributed by atoms with Gasteiger partial charge in [0.15, 0.2) is 0 Å². The van der Waals surface area contributed by atoms with E-state index >= 15 is 0 Å². The SMILES string of the molecule is Cc1ccc2[nH]c(CCNC(=O)CN3C(=O)CNC3=O)nc2c1C. The van der Waals surface area contributed by atoms with Crippen molar-refractivity contribution in [2.24, 2.45) is 0 Å². The lowest BCUT2D eigenvalue weighted by Crippen LogP contribution is -2.41. The molecule has 3 N–H and O–H groups in total. The van der Waals surface area contributed by atoms with Crippen LogP contribution in [0.2, 0.25) is 0 Å². The quantitative estimate of drug-likeness (QED) is 0.690. The van der Waals surface area contributed by atoms with Crippen LogP contribution in [0.5, 0.6) is 0 Å². The molecule has 1 aliphatic rings. The van der Waals surface area contributed by atoms with Gasteiger partial charge >= 0.3 is 6.03 Å². The van der Waals surface area contributed by atoms with E-state index in [4.69, 9.17) is 0 Å². The predicted molar refractivity (Wildman–Crippen MR) is 87.4 cm³/mol. The van der Waals surface area contributed by atoms with Crippen molar-refractivity contribution in [1.29, 1.82) is 0 Å². The molecule has 2 heterocycles. The van der Waals surface area contributed by atoms with E-state index < -0.39 is 11.9 Å². The zero-order valence-corrected chi connectivity index (χ0v) is 13.6. The first-order valence-electron chi connectivity index (χ1n) is 7.75. The number of imide groups is 1. The average molecular weight is 329 g/mol. The highest BCUT2D eigenvalue weighted by Gasteiger charge is 2.29. The van der Waals surface area contributed by atoms with Crippen molar-refractivity contribution in [3.63, 3.8) is 0 Å². The monoisotopic (exact) mass is 329 g/mol. The van der Waals surface area contributed by atoms with Gasteiger partial charge in [-0.05, 0) is 31.0 Å². The molecule has 3 rings (SSSR count). The van der Waals surface area contributed by atoms with E-state index in [2.05, 4.69) is 20.6 Å². The number of nitrogens with zero attached hydrogens (tertiary/aromatic N) is 2. The Hall–Kier alpha value is -2.90. The van der Waals surface area contributed by atoms with Crippen molar-refractivity contribution in [3.05, 3.63) is 29.1 Å². The lowest BCUT2D eigenvalue weighted by atomic mass is 10.1. The summed E-state index contributed by atoms with van der Waals surface area (Å²) in [5.74, 6) is 0.0239. The van der Waals surface area contributed by atoms with Crippen molar-refractivity contribution < 1.29 is 14.4 Å². The maximum atomic E-state index is 11.8. The molecule has 1 aliphatic heterocycles. The number of amides is 4. The van der Waals surface area contributed by atoms with Gasteiger partial charge in [0.05, 0.1) is 17.6 Å². The third kappa shape index (κ3) is 3.08. The van der Waals surface area contributed by atoms with Crippen LogP contribution >= 0.6 is 0 Å². The molecule has 1 aromatic carbocycles. The molecule has 24 heavy (non-hydrogen) atoms. The number of aromatic nitrogens is 2. The molecule has 1 fully saturated rings. The fraction of sp³-hybridized carbons (Fsp3) is 0.375. The van der Waals surface area contributed by atoms with Crippen LogP contribution in [0.25, 0.3) is 11.0 Å². The molecule has 1 aromatic heterocycles. The van der Waals surface area contributed by atoms with Crippen LogP contribution in [-0.4, -0.2) is 52.3 Å². The molecule has 0 aliphatic carbocycles. The van der Waals surface area contributed by atoms with E-state index in [1.165, 1.54) is 5.56 Å². The summed E-state index contributed by atoms with van der Waals surface area (Å²) in [6.45, 7) is 4.13. The van der Waals surface area contributed by atoms with Crippen LogP contribution in [-0.2, 0) is 16.0 Å². The lowest BCUT2D eigenvalue weighted by molar-refractivity contribution is -0.130. The van der Waals surface area contributed by atoms with Crippen molar-refractivity contribution in [3.8, 4) is 0 Å². The van der Waals surface area contributed by atoms with Crippen molar-refractivity contribution in [2.45, 2.75) is 20.3 Å². The highest BCUT2D eigenvalue weighted by atomic mass is 16.2. The second-order valence-electron chi connectivity index (χ2n) is 5.83. The maximum absolute atomic E-state index is 11.8. The van der Waals surface area contributed by atoms with Gasteiger partial charge in [0.2, 0.25) is 5.91 Å². The number of benzene rings is 1. The minimum atomic E-state index is -0.529. The smallest absolute Gasteiger partial charge is 0.325 e. The van der Waals surface area contributed by atoms with E-state index in [0.29, 0.717) is 13.0 Å². The van der Waals surface area contributed by atoms with Crippen molar-refractivity contribution >= 4 is 28.9 Å². The number of hydrogen-bond acceptors (Lipinski definition) is 4. The summed E-state index contributed by atoms with van der Waals surface area (Å²) >= 11 is 0. The summed E-state index contributed by atoms with van der Waals surface area (Å²) in [4.78, 5) is 43.3. The lowest BCUT2D eigenvalue weighted by Gasteiger charge is -2.11. The molecule has 4 amide bonds. The van der Waals surface area contributed by atoms with Crippen LogP contribution in [0.1, 0.15) is 17.0 Å². The van der Waals surface area contributed by atoms with E-state index in [-0.39, 0.29) is 19.0 Å². The number of H-pyrrole nitrogens is 1. The van der Waals surface area contributed by atoms with Crippen LogP contribution in [0.3, 0.4) is 0 Å². The zero-order valence-electron chi connectivity index (χ0n) is 13.6. The summed E-state index contributed by atoms with van der Waals surface area (Å²) in [6, 6.07) is 3.50. The number of urea groups is 1. The first kappa shape index (κ1) is 16.0. The molecule has 0 atom stereocenters. The van der Waals surface area contributed by atoms with Crippen LogP contribution in [0.4, 0.5) is 4.79 Å². The highest BCUT2D eigenvalue weighted by Crippen LogP contribution is 2.19. The molecule has 1 saturated heterocycles. The Morgan fingerprint density at radius 1 is 1.33 bits per heavy atom. The summed E-state index contributed by atoms with van der Waals surface area (Å²) in [5.41, 5.74) is 4.23. The van der Waals surface area contributed by atoms with Gasteiger partial charge in [-0.1, -0.05) is 6.07 Å². The fourth-order valence-electron chi connectivity index (χ4n) is 2.62. The number of nitrogens with one attached hydrogen (secondary N) is 3. The van der Waals surface area contributed by atoms with Gasteiger partial charge in [0.1, 0.15) is 12.4 Å². The summed E-state index contributed by atoms with van der Waals surface area (Å²) in [7, 11) is 0. The first-order chi connectivity index (χ1) is 11.5. The van der Waals surface area contributed by atoms with Gasteiger partial charge in [-0.2, -0.15) is 0 Å². The Kier molecular flexibility index (Phi) is 4.20. The van der Waals surface area contributed by atoms with Crippen LogP contribution in [0, 0.1) is 13.8 Å². The average Bonchev–Trinajstić information content (AvgIpc) is 3.10. The Morgan fingerprint density at radius 2 is 2.12 bits per heavy atom. The summed E-state index contributed by atoms with van der Waals surface area (Å²) < 4.78 is 0. The topological polar surface area (TPSA) is 107 Å². The minimum Gasteiger partial charge on any atom is -0.354 e. The molecule has 126 valence electrons. The van der Waals surface area contributed by atoms with Gasteiger partial charge in [0, 0.05) is 13.0 Å². The molecular weight excluding hydrogens is 310 g/mol. The third-order valence-corrected chi connectivity index (χ3v) is 4.15. The Bertz CT molecular complexity index is 810. The van der Waals surface area contributed by atoms with Crippen molar-refractivity contribution in [2.75, 3.05) is 19.6 Å². The number of rotatable bonds is 5. The van der Waals surface area contributed by atoms with Gasteiger partial charge < -0.3 is 15.6 Å². The fourth-order valence-corrected chi connectivity index (χ4v) is 2.62. The van der Waals surface area contributed by atoms with Gasteiger partial charge in [-0.25, -0.2) is 9.78 Å². The molecule has 8 heteroatoms. The predicted octanol–water partition coefficient (Wildman–Crippen LogP) is 0.390. The van der Waals surface area contributed by atoms with Gasteiger partial charge in [-0.3, -0.25) is 14.5 Å².